The first-order chi connectivity index (χ1) is 11.8. The quantitative estimate of drug-likeness (QED) is 0.856. The van der Waals surface area contributed by atoms with E-state index in [-0.39, 0.29) is 10.8 Å². The number of nitrogens with one attached hydrogen (secondary N) is 1. The zero-order chi connectivity index (χ0) is 18.6. The van der Waals surface area contributed by atoms with Gasteiger partial charge in [0.25, 0.3) is 5.91 Å². The molecule has 2 aromatic carbocycles. The third-order valence-electron chi connectivity index (χ3n) is 4.31. The van der Waals surface area contributed by atoms with Crippen LogP contribution in [0.3, 0.4) is 0 Å². The van der Waals surface area contributed by atoms with E-state index >= 15 is 0 Å². The topological polar surface area (TPSA) is 66.5 Å². The van der Waals surface area contributed by atoms with E-state index in [0.29, 0.717) is 18.7 Å². The summed E-state index contributed by atoms with van der Waals surface area (Å²) in [4.78, 5) is 12.6. The largest absolute Gasteiger partial charge is 0.322 e. The van der Waals surface area contributed by atoms with Gasteiger partial charge in [-0.15, -0.1) is 0 Å². The Morgan fingerprint density at radius 1 is 1.00 bits per heavy atom. The molecule has 6 heteroatoms. The van der Waals surface area contributed by atoms with Gasteiger partial charge in [-0.05, 0) is 55.3 Å². The Morgan fingerprint density at radius 3 is 2.16 bits per heavy atom. The molecule has 0 aromatic heterocycles. The van der Waals surface area contributed by atoms with E-state index in [1.165, 1.54) is 28.6 Å². The third kappa shape index (κ3) is 4.08. The van der Waals surface area contributed by atoms with E-state index in [1.807, 2.05) is 32.0 Å². The van der Waals surface area contributed by atoms with Gasteiger partial charge in [0, 0.05) is 24.3 Å². The maximum atomic E-state index is 12.5. The SMILES string of the molecule is CCN(CC)S(=O)(=O)c1ccc(C(=O)Nc2cccc(C)c2C)cc1. The standard InChI is InChI=1S/C19H24N2O3S/c1-5-21(6-2)25(23,24)17-12-10-16(11-13-17)19(22)20-18-9-7-8-14(3)15(18)4/h7-13H,5-6H2,1-4H3,(H,20,22). The molecule has 0 spiro atoms. The van der Waals surface area contributed by atoms with Crippen molar-refractivity contribution >= 4 is 21.6 Å². The van der Waals surface area contributed by atoms with Crippen LogP contribution in [-0.4, -0.2) is 31.7 Å². The lowest BCUT2D eigenvalue weighted by atomic mass is 10.1. The zero-order valence-corrected chi connectivity index (χ0v) is 15.9. The average Bonchev–Trinajstić information content (AvgIpc) is 2.60. The molecule has 0 radical (unpaired) electrons. The minimum atomic E-state index is -3.51. The Kier molecular flexibility index (Phi) is 5.98. The summed E-state index contributed by atoms with van der Waals surface area (Å²) in [5.74, 6) is -0.263. The van der Waals surface area contributed by atoms with Gasteiger partial charge in [-0.25, -0.2) is 8.42 Å². The van der Waals surface area contributed by atoms with Crippen molar-refractivity contribution in [1.82, 2.24) is 4.31 Å². The van der Waals surface area contributed by atoms with Crippen molar-refractivity contribution in [2.75, 3.05) is 18.4 Å². The van der Waals surface area contributed by atoms with Crippen LogP contribution in [0.25, 0.3) is 0 Å². The molecule has 5 nitrogen and oxygen atoms in total. The molecule has 1 N–H and O–H groups in total. The number of rotatable bonds is 6. The predicted octanol–water partition coefficient (Wildman–Crippen LogP) is 3.59. The molecular weight excluding hydrogens is 336 g/mol. The fraction of sp³-hybridized carbons (Fsp3) is 0.316. The number of amides is 1. The van der Waals surface area contributed by atoms with Crippen molar-refractivity contribution < 1.29 is 13.2 Å². The van der Waals surface area contributed by atoms with Crippen molar-refractivity contribution in [3.05, 3.63) is 59.2 Å². The molecule has 2 aromatic rings. The number of benzene rings is 2. The summed E-state index contributed by atoms with van der Waals surface area (Å²) in [6.45, 7) is 8.35. The lowest BCUT2D eigenvalue weighted by molar-refractivity contribution is 0.102. The van der Waals surface area contributed by atoms with Crippen LogP contribution < -0.4 is 5.32 Å². The van der Waals surface area contributed by atoms with Gasteiger partial charge in [0.15, 0.2) is 0 Å². The molecule has 134 valence electrons. The third-order valence-corrected chi connectivity index (χ3v) is 6.38. The van der Waals surface area contributed by atoms with Crippen LogP contribution in [0.1, 0.15) is 35.3 Å². The summed E-state index contributed by atoms with van der Waals surface area (Å²) in [6, 6.07) is 11.8. The van der Waals surface area contributed by atoms with Crippen LogP contribution in [-0.2, 0) is 10.0 Å². The molecule has 0 unspecified atom stereocenters. The summed E-state index contributed by atoms with van der Waals surface area (Å²) < 4.78 is 26.3. The minimum Gasteiger partial charge on any atom is -0.322 e. The van der Waals surface area contributed by atoms with Gasteiger partial charge in [0.05, 0.1) is 4.90 Å². The van der Waals surface area contributed by atoms with Crippen LogP contribution in [0, 0.1) is 13.8 Å². The number of aryl methyl sites for hydroxylation is 1. The average molecular weight is 360 g/mol. The highest BCUT2D eigenvalue weighted by atomic mass is 32.2. The van der Waals surface area contributed by atoms with Crippen LogP contribution >= 0.6 is 0 Å². The van der Waals surface area contributed by atoms with Gasteiger partial charge >= 0.3 is 0 Å². The van der Waals surface area contributed by atoms with Crippen LogP contribution in [0.15, 0.2) is 47.4 Å². The summed E-state index contributed by atoms with van der Waals surface area (Å²) >= 11 is 0. The molecular formula is C19H24N2O3S. The second kappa shape index (κ2) is 7.80. The highest BCUT2D eigenvalue weighted by Crippen LogP contribution is 2.20. The number of nitrogens with zero attached hydrogens (tertiary/aromatic N) is 1. The number of hydrogen-bond donors (Lipinski definition) is 1. The monoisotopic (exact) mass is 360 g/mol. The summed E-state index contributed by atoms with van der Waals surface area (Å²) in [6.07, 6.45) is 0. The van der Waals surface area contributed by atoms with Gasteiger partial charge in [0.1, 0.15) is 0 Å². The molecule has 25 heavy (non-hydrogen) atoms. The molecule has 0 bridgehead atoms. The minimum absolute atomic E-state index is 0.194. The van der Waals surface area contributed by atoms with Crippen molar-refractivity contribution in [2.24, 2.45) is 0 Å². The van der Waals surface area contributed by atoms with E-state index in [0.717, 1.165) is 16.8 Å². The molecule has 0 aliphatic rings. The first kappa shape index (κ1) is 19.1. The maximum Gasteiger partial charge on any atom is 0.255 e. The van der Waals surface area contributed by atoms with Crippen LogP contribution in [0.2, 0.25) is 0 Å². The van der Waals surface area contributed by atoms with Gasteiger partial charge in [-0.2, -0.15) is 4.31 Å². The number of carbonyl (C=O) groups is 1. The van der Waals surface area contributed by atoms with E-state index in [4.69, 9.17) is 0 Å². The molecule has 0 heterocycles. The van der Waals surface area contributed by atoms with Crippen LogP contribution in [0.5, 0.6) is 0 Å². The molecule has 1 amide bonds. The van der Waals surface area contributed by atoms with Crippen molar-refractivity contribution in [1.29, 1.82) is 0 Å². The Morgan fingerprint density at radius 2 is 1.60 bits per heavy atom. The fourth-order valence-electron chi connectivity index (χ4n) is 2.57. The Labute approximate surface area is 149 Å². The number of carbonyl (C=O) groups excluding carboxylic acids is 1. The second-order valence-corrected chi connectivity index (χ2v) is 7.75. The van der Waals surface area contributed by atoms with Gasteiger partial charge in [-0.1, -0.05) is 26.0 Å². The molecule has 0 fully saturated rings. The lowest BCUT2D eigenvalue weighted by Gasteiger charge is -2.18. The summed E-state index contributed by atoms with van der Waals surface area (Å²) in [7, 11) is -3.51. The van der Waals surface area contributed by atoms with E-state index < -0.39 is 10.0 Å². The molecule has 2 rings (SSSR count). The molecule has 0 saturated heterocycles. The van der Waals surface area contributed by atoms with E-state index in [2.05, 4.69) is 5.32 Å². The normalized spacial score (nSPS) is 11.6. The van der Waals surface area contributed by atoms with Crippen LogP contribution in [0.4, 0.5) is 5.69 Å². The molecule has 0 atom stereocenters. The summed E-state index contributed by atoms with van der Waals surface area (Å²) in [5, 5.41) is 2.87. The number of hydrogen-bond acceptors (Lipinski definition) is 3. The Balaban J connectivity index is 2.22. The summed E-state index contributed by atoms with van der Waals surface area (Å²) in [5.41, 5.74) is 3.28. The Bertz CT molecular complexity index is 855. The predicted molar refractivity (Wildman–Crippen MR) is 100 cm³/mol. The van der Waals surface area contributed by atoms with Crippen molar-refractivity contribution in [2.45, 2.75) is 32.6 Å². The Hall–Kier alpha value is -2.18. The number of sulfonamides is 1. The number of anilines is 1. The fourth-order valence-corrected chi connectivity index (χ4v) is 4.03. The van der Waals surface area contributed by atoms with Crippen molar-refractivity contribution in [3.8, 4) is 0 Å². The van der Waals surface area contributed by atoms with Gasteiger partial charge in [-0.3, -0.25) is 4.79 Å². The second-order valence-electron chi connectivity index (χ2n) is 5.82. The molecule has 0 saturated carbocycles. The van der Waals surface area contributed by atoms with Gasteiger partial charge < -0.3 is 5.32 Å². The first-order valence-corrected chi connectivity index (χ1v) is 9.73. The highest BCUT2D eigenvalue weighted by Gasteiger charge is 2.21. The zero-order valence-electron chi connectivity index (χ0n) is 15.0. The highest BCUT2D eigenvalue weighted by molar-refractivity contribution is 7.89. The smallest absolute Gasteiger partial charge is 0.255 e. The van der Waals surface area contributed by atoms with Gasteiger partial charge in [0.2, 0.25) is 10.0 Å². The first-order valence-electron chi connectivity index (χ1n) is 8.29. The lowest BCUT2D eigenvalue weighted by Crippen LogP contribution is -2.30. The van der Waals surface area contributed by atoms with Crippen molar-refractivity contribution in [3.63, 3.8) is 0 Å². The maximum absolute atomic E-state index is 12.5. The molecule has 0 aliphatic heterocycles. The van der Waals surface area contributed by atoms with E-state index in [1.54, 1.807) is 13.8 Å². The molecule has 0 aliphatic carbocycles. The van der Waals surface area contributed by atoms with E-state index in [9.17, 15) is 13.2 Å².